The van der Waals surface area contributed by atoms with Crippen LogP contribution in [0.15, 0.2) is 0 Å². The number of rotatable bonds is 2. The predicted molar refractivity (Wildman–Crippen MR) is 46.0 cm³/mol. The lowest BCUT2D eigenvalue weighted by molar-refractivity contribution is -0.136. The van der Waals surface area contributed by atoms with Gasteiger partial charge in [0.05, 0.1) is 13.2 Å². The molecule has 2 N–H and O–H groups in total. The van der Waals surface area contributed by atoms with Crippen LogP contribution in [-0.4, -0.2) is 35.9 Å². The topological polar surface area (TPSA) is 58.6 Å². The third kappa shape index (κ3) is 1.56. The Hall–Kier alpha value is -0.610. The van der Waals surface area contributed by atoms with Gasteiger partial charge in [-0.25, -0.2) is 0 Å². The summed E-state index contributed by atoms with van der Waals surface area (Å²) in [6, 6.07) is 0.243. The molecule has 1 saturated carbocycles. The second kappa shape index (κ2) is 2.69. The monoisotopic (exact) mass is 185 g/mol. The average Bonchev–Trinajstić information content (AvgIpc) is 2.47. The molecule has 0 aromatic rings. The molecule has 3 atom stereocenters. The molecule has 1 aliphatic carbocycles. The molecule has 2 rings (SSSR count). The van der Waals surface area contributed by atoms with Gasteiger partial charge in [0.25, 0.3) is 5.91 Å². The Morgan fingerprint density at radius 1 is 1.46 bits per heavy atom. The molecule has 13 heavy (non-hydrogen) atoms. The summed E-state index contributed by atoms with van der Waals surface area (Å²) < 4.78 is 5.19. The molecule has 1 unspecified atom stereocenters. The lowest BCUT2D eigenvalue weighted by atomic mass is 10.1. The van der Waals surface area contributed by atoms with Crippen molar-refractivity contribution in [1.29, 1.82) is 0 Å². The lowest BCUT2D eigenvalue weighted by Crippen LogP contribution is -2.44. The van der Waals surface area contributed by atoms with Gasteiger partial charge in [0.15, 0.2) is 0 Å². The van der Waals surface area contributed by atoms with Gasteiger partial charge >= 0.3 is 0 Å². The van der Waals surface area contributed by atoms with Crippen LogP contribution in [0.4, 0.5) is 0 Å². The zero-order valence-electron chi connectivity index (χ0n) is 7.91. The number of hydrogen-bond acceptors (Lipinski definition) is 3. The fourth-order valence-corrected chi connectivity index (χ4v) is 1.78. The van der Waals surface area contributed by atoms with Crippen molar-refractivity contribution in [2.24, 2.45) is 11.8 Å². The second-order valence-electron chi connectivity index (χ2n) is 4.42. The highest BCUT2D eigenvalue weighted by Crippen LogP contribution is 2.44. The first kappa shape index (κ1) is 8.97. The standard InChI is InChI=1S/C9H15NO3/c1-9(2,12)8(11)10-7-5-3-13-4-6(5)7/h5-7,12H,3-4H2,1-2H3,(H,10,11)/t5-,6+,7?. The number of carbonyl (C=O) groups is 1. The summed E-state index contributed by atoms with van der Waals surface area (Å²) in [4.78, 5) is 11.3. The van der Waals surface area contributed by atoms with Crippen LogP contribution in [0.5, 0.6) is 0 Å². The third-order valence-corrected chi connectivity index (χ3v) is 2.81. The van der Waals surface area contributed by atoms with Crippen molar-refractivity contribution < 1.29 is 14.6 Å². The van der Waals surface area contributed by atoms with E-state index >= 15 is 0 Å². The number of nitrogens with one attached hydrogen (secondary N) is 1. The molecule has 2 aliphatic rings. The van der Waals surface area contributed by atoms with E-state index in [1.165, 1.54) is 13.8 Å². The molecule has 4 nitrogen and oxygen atoms in total. The van der Waals surface area contributed by atoms with E-state index in [1.807, 2.05) is 0 Å². The summed E-state index contributed by atoms with van der Waals surface area (Å²) >= 11 is 0. The molecule has 1 amide bonds. The van der Waals surface area contributed by atoms with Crippen LogP contribution in [0.3, 0.4) is 0 Å². The van der Waals surface area contributed by atoms with Gasteiger partial charge in [-0.1, -0.05) is 0 Å². The van der Waals surface area contributed by atoms with Crippen molar-refractivity contribution in [2.75, 3.05) is 13.2 Å². The van der Waals surface area contributed by atoms with Gasteiger partial charge in [0, 0.05) is 17.9 Å². The van der Waals surface area contributed by atoms with Crippen LogP contribution in [0, 0.1) is 11.8 Å². The number of ether oxygens (including phenoxy) is 1. The Morgan fingerprint density at radius 2 is 2.00 bits per heavy atom. The fraction of sp³-hybridized carbons (Fsp3) is 0.889. The van der Waals surface area contributed by atoms with Crippen molar-refractivity contribution in [3.63, 3.8) is 0 Å². The molecule has 1 heterocycles. The summed E-state index contributed by atoms with van der Waals surface area (Å²) in [5, 5.41) is 12.2. The lowest BCUT2D eigenvalue weighted by Gasteiger charge is -2.17. The molecule has 4 heteroatoms. The molecule has 2 fully saturated rings. The minimum absolute atomic E-state index is 0.243. The van der Waals surface area contributed by atoms with Crippen LogP contribution in [0.2, 0.25) is 0 Å². The van der Waals surface area contributed by atoms with Gasteiger partial charge < -0.3 is 15.2 Å². The van der Waals surface area contributed by atoms with E-state index in [0.29, 0.717) is 11.8 Å². The molecule has 0 bridgehead atoms. The Balaban J connectivity index is 1.84. The number of fused-ring (bicyclic) bond motifs is 1. The van der Waals surface area contributed by atoms with E-state index in [4.69, 9.17) is 4.74 Å². The highest BCUT2D eigenvalue weighted by atomic mass is 16.5. The summed E-state index contributed by atoms with van der Waals surface area (Å²) in [5.74, 6) is 0.699. The normalized spacial score (nSPS) is 37.0. The molecule has 0 aromatic heterocycles. The van der Waals surface area contributed by atoms with Crippen molar-refractivity contribution in [1.82, 2.24) is 5.32 Å². The van der Waals surface area contributed by atoms with Crippen LogP contribution in [0.1, 0.15) is 13.8 Å². The number of aliphatic hydroxyl groups is 1. The number of carbonyl (C=O) groups excluding carboxylic acids is 1. The smallest absolute Gasteiger partial charge is 0.251 e. The van der Waals surface area contributed by atoms with Gasteiger partial charge in [-0.3, -0.25) is 4.79 Å². The highest BCUT2D eigenvalue weighted by molar-refractivity contribution is 5.84. The molecule has 74 valence electrons. The molecular formula is C9H15NO3. The van der Waals surface area contributed by atoms with Crippen molar-refractivity contribution in [3.05, 3.63) is 0 Å². The Labute approximate surface area is 77.3 Å². The maximum Gasteiger partial charge on any atom is 0.251 e. The van der Waals surface area contributed by atoms with Gasteiger partial charge in [-0.15, -0.1) is 0 Å². The largest absolute Gasteiger partial charge is 0.381 e. The van der Waals surface area contributed by atoms with E-state index in [1.54, 1.807) is 0 Å². The average molecular weight is 185 g/mol. The first-order valence-corrected chi connectivity index (χ1v) is 4.61. The van der Waals surface area contributed by atoms with Crippen LogP contribution >= 0.6 is 0 Å². The van der Waals surface area contributed by atoms with E-state index in [0.717, 1.165) is 13.2 Å². The summed E-state index contributed by atoms with van der Waals surface area (Å²) in [5.41, 5.74) is -1.27. The van der Waals surface area contributed by atoms with Gasteiger partial charge in [-0.05, 0) is 13.8 Å². The molecule has 0 aromatic carbocycles. The minimum atomic E-state index is -1.27. The van der Waals surface area contributed by atoms with E-state index in [9.17, 15) is 9.90 Å². The third-order valence-electron chi connectivity index (χ3n) is 2.81. The second-order valence-corrected chi connectivity index (χ2v) is 4.42. The van der Waals surface area contributed by atoms with Crippen molar-refractivity contribution >= 4 is 5.91 Å². The Morgan fingerprint density at radius 3 is 2.46 bits per heavy atom. The van der Waals surface area contributed by atoms with Crippen molar-refractivity contribution in [2.45, 2.75) is 25.5 Å². The predicted octanol–water partition coefficient (Wildman–Crippen LogP) is -0.482. The van der Waals surface area contributed by atoms with Gasteiger partial charge in [0.2, 0.25) is 0 Å². The Bertz CT molecular complexity index is 224. The van der Waals surface area contributed by atoms with Crippen LogP contribution in [-0.2, 0) is 9.53 Å². The van der Waals surface area contributed by atoms with E-state index < -0.39 is 5.60 Å². The SMILES string of the molecule is CC(C)(O)C(=O)NC1[C@H]2COC[C@@H]12. The van der Waals surface area contributed by atoms with Crippen molar-refractivity contribution in [3.8, 4) is 0 Å². The first-order valence-electron chi connectivity index (χ1n) is 4.61. The quantitative estimate of drug-likeness (QED) is 0.611. The Kier molecular flexibility index (Phi) is 1.85. The molecule has 1 aliphatic heterocycles. The molecule has 0 radical (unpaired) electrons. The maximum absolute atomic E-state index is 11.3. The van der Waals surface area contributed by atoms with E-state index in [-0.39, 0.29) is 11.9 Å². The molecule has 0 spiro atoms. The zero-order valence-corrected chi connectivity index (χ0v) is 7.91. The first-order chi connectivity index (χ1) is 6.00. The minimum Gasteiger partial charge on any atom is -0.381 e. The zero-order chi connectivity index (χ0) is 9.64. The maximum atomic E-state index is 11.3. The van der Waals surface area contributed by atoms with Gasteiger partial charge in [0.1, 0.15) is 5.60 Å². The number of hydrogen-bond donors (Lipinski definition) is 2. The van der Waals surface area contributed by atoms with Gasteiger partial charge in [-0.2, -0.15) is 0 Å². The summed E-state index contributed by atoms with van der Waals surface area (Å²) in [6.45, 7) is 4.50. The summed E-state index contributed by atoms with van der Waals surface area (Å²) in [7, 11) is 0. The molecule has 1 saturated heterocycles. The highest BCUT2D eigenvalue weighted by Gasteiger charge is 2.55. The van der Waals surface area contributed by atoms with Crippen LogP contribution < -0.4 is 5.32 Å². The fourth-order valence-electron chi connectivity index (χ4n) is 1.78. The summed E-state index contributed by atoms with van der Waals surface area (Å²) in [6.07, 6.45) is 0. The van der Waals surface area contributed by atoms with Crippen LogP contribution in [0.25, 0.3) is 0 Å². The molecular weight excluding hydrogens is 170 g/mol. The van der Waals surface area contributed by atoms with E-state index in [2.05, 4.69) is 5.32 Å². The number of amides is 1.